The van der Waals surface area contributed by atoms with Gasteiger partial charge < -0.3 is 19.5 Å². The Morgan fingerprint density at radius 1 is 1.04 bits per heavy atom. The number of allylic oxidation sites excluding steroid dienone is 1. The van der Waals surface area contributed by atoms with Crippen LogP contribution < -0.4 is 19.5 Å². The summed E-state index contributed by atoms with van der Waals surface area (Å²) >= 11 is 0. The topological polar surface area (TPSA) is 56.8 Å². The van der Waals surface area contributed by atoms with Gasteiger partial charge in [0.05, 0.1) is 21.3 Å². The molecule has 0 saturated carbocycles. The molecule has 0 amide bonds. The second-order valence-electron chi connectivity index (χ2n) is 6.09. The van der Waals surface area contributed by atoms with Crippen LogP contribution in [-0.4, -0.2) is 33.7 Å². The number of ketones is 1. The normalized spacial score (nSPS) is 14.3. The summed E-state index contributed by atoms with van der Waals surface area (Å²) in [5.41, 5.74) is 3.91. The largest absolute Gasteiger partial charge is 0.497 e. The van der Waals surface area contributed by atoms with Crippen molar-refractivity contribution in [3.8, 4) is 17.2 Å². The van der Waals surface area contributed by atoms with Crippen molar-refractivity contribution in [3.05, 3.63) is 59.2 Å². The predicted octanol–water partition coefficient (Wildman–Crippen LogP) is 3.01. The standard InChI is InChI=1S/C21H23NO4/c1-24-17-6-4-14(5-7-17)10-16(23)12-19-18-13-21(26-3)20(25-2)11-15(18)8-9-22-19/h4-7,11-13,22H,8-10H2,1-3H3/b19-12-. The Morgan fingerprint density at radius 3 is 2.38 bits per heavy atom. The van der Waals surface area contributed by atoms with Gasteiger partial charge in [0.25, 0.3) is 0 Å². The van der Waals surface area contributed by atoms with Crippen LogP contribution >= 0.6 is 0 Å². The molecule has 3 rings (SSSR count). The minimum atomic E-state index is 0.0419. The number of ether oxygens (including phenoxy) is 3. The van der Waals surface area contributed by atoms with Crippen molar-refractivity contribution in [1.82, 2.24) is 5.32 Å². The van der Waals surface area contributed by atoms with Gasteiger partial charge in [0, 0.05) is 30.3 Å². The van der Waals surface area contributed by atoms with Crippen molar-refractivity contribution in [2.75, 3.05) is 27.9 Å². The molecule has 0 atom stereocenters. The predicted molar refractivity (Wildman–Crippen MR) is 101 cm³/mol. The van der Waals surface area contributed by atoms with Gasteiger partial charge in [-0.05, 0) is 41.8 Å². The minimum absolute atomic E-state index is 0.0419. The molecule has 1 N–H and O–H groups in total. The van der Waals surface area contributed by atoms with Gasteiger partial charge in [-0.15, -0.1) is 0 Å². The zero-order valence-corrected chi connectivity index (χ0v) is 15.3. The van der Waals surface area contributed by atoms with Crippen LogP contribution in [0.1, 0.15) is 16.7 Å². The molecular formula is C21H23NO4. The Balaban J connectivity index is 1.84. The van der Waals surface area contributed by atoms with Gasteiger partial charge in [0.2, 0.25) is 0 Å². The fraction of sp³-hybridized carbons (Fsp3) is 0.286. The van der Waals surface area contributed by atoms with Gasteiger partial charge >= 0.3 is 0 Å². The van der Waals surface area contributed by atoms with E-state index in [1.165, 1.54) is 0 Å². The zero-order chi connectivity index (χ0) is 18.5. The van der Waals surface area contributed by atoms with Crippen LogP contribution in [0.15, 0.2) is 42.5 Å². The van der Waals surface area contributed by atoms with Gasteiger partial charge in [-0.25, -0.2) is 0 Å². The van der Waals surface area contributed by atoms with Crippen molar-refractivity contribution in [2.24, 2.45) is 0 Å². The van der Waals surface area contributed by atoms with Crippen molar-refractivity contribution in [2.45, 2.75) is 12.8 Å². The highest BCUT2D eigenvalue weighted by atomic mass is 16.5. The van der Waals surface area contributed by atoms with E-state index in [-0.39, 0.29) is 5.78 Å². The minimum Gasteiger partial charge on any atom is -0.497 e. The highest BCUT2D eigenvalue weighted by Crippen LogP contribution is 2.34. The van der Waals surface area contributed by atoms with Crippen LogP contribution in [-0.2, 0) is 17.6 Å². The molecule has 0 aromatic heterocycles. The number of carbonyl (C=O) groups is 1. The van der Waals surface area contributed by atoms with E-state index in [0.717, 1.165) is 41.1 Å². The van der Waals surface area contributed by atoms with Crippen LogP contribution in [0.3, 0.4) is 0 Å². The van der Waals surface area contributed by atoms with Crippen LogP contribution in [0.25, 0.3) is 5.70 Å². The quantitative estimate of drug-likeness (QED) is 0.809. The van der Waals surface area contributed by atoms with Crippen LogP contribution in [0.2, 0.25) is 0 Å². The lowest BCUT2D eigenvalue weighted by Gasteiger charge is -2.23. The molecule has 26 heavy (non-hydrogen) atoms. The summed E-state index contributed by atoms with van der Waals surface area (Å²) < 4.78 is 15.9. The average Bonchev–Trinajstić information content (AvgIpc) is 2.67. The van der Waals surface area contributed by atoms with E-state index in [2.05, 4.69) is 5.32 Å². The lowest BCUT2D eigenvalue weighted by Crippen LogP contribution is -2.23. The summed E-state index contributed by atoms with van der Waals surface area (Å²) in [4.78, 5) is 12.5. The molecule has 0 fully saturated rings. The molecule has 0 bridgehead atoms. The van der Waals surface area contributed by atoms with Crippen LogP contribution in [0, 0.1) is 0 Å². The van der Waals surface area contributed by atoms with Gasteiger partial charge in [-0.2, -0.15) is 0 Å². The van der Waals surface area contributed by atoms with Crippen LogP contribution in [0.5, 0.6) is 17.2 Å². The van der Waals surface area contributed by atoms with E-state index < -0.39 is 0 Å². The number of carbonyl (C=O) groups excluding carboxylic acids is 1. The Labute approximate surface area is 153 Å². The Bertz CT molecular complexity index is 825. The first kappa shape index (κ1) is 17.9. The third-order valence-corrected chi connectivity index (χ3v) is 4.45. The van der Waals surface area contributed by atoms with Gasteiger partial charge in [-0.1, -0.05) is 12.1 Å². The van der Waals surface area contributed by atoms with Crippen molar-refractivity contribution >= 4 is 11.5 Å². The molecule has 1 aliphatic heterocycles. The molecule has 2 aromatic rings. The molecule has 5 nitrogen and oxygen atoms in total. The van der Waals surface area contributed by atoms with E-state index >= 15 is 0 Å². The first-order valence-corrected chi connectivity index (χ1v) is 8.51. The number of rotatable bonds is 6. The first-order chi connectivity index (χ1) is 12.6. The maximum absolute atomic E-state index is 12.5. The van der Waals surface area contributed by atoms with Crippen molar-refractivity contribution < 1.29 is 19.0 Å². The highest BCUT2D eigenvalue weighted by Gasteiger charge is 2.18. The molecule has 2 aromatic carbocycles. The Kier molecular flexibility index (Phi) is 5.46. The SMILES string of the molecule is COc1ccc(CC(=O)/C=C2\NCCc3cc(OC)c(OC)cc32)cc1. The molecule has 0 radical (unpaired) electrons. The second kappa shape index (κ2) is 7.95. The lowest BCUT2D eigenvalue weighted by atomic mass is 9.95. The van der Waals surface area contributed by atoms with E-state index in [1.54, 1.807) is 27.4 Å². The zero-order valence-electron chi connectivity index (χ0n) is 15.3. The van der Waals surface area contributed by atoms with E-state index in [9.17, 15) is 4.79 Å². The van der Waals surface area contributed by atoms with Crippen molar-refractivity contribution in [1.29, 1.82) is 0 Å². The molecule has 5 heteroatoms. The maximum atomic E-state index is 12.5. The number of nitrogens with one attached hydrogen (secondary N) is 1. The molecule has 136 valence electrons. The third-order valence-electron chi connectivity index (χ3n) is 4.45. The van der Waals surface area contributed by atoms with Gasteiger partial charge in [-0.3, -0.25) is 4.79 Å². The maximum Gasteiger partial charge on any atom is 0.162 e. The molecule has 0 unspecified atom stereocenters. The lowest BCUT2D eigenvalue weighted by molar-refractivity contribution is -0.114. The smallest absolute Gasteiger partial charge is 0.162 e. The summed E-state index contributed by atoms with van der Waals surface area (Å²) in [7, 11) is 4.86. The molecule has 0 spiro atoms. The summed E-state index contributed by atoms with van der Waals surface area (Å²) in [5.74, 6) is 2.18. The molecule has 1 aliphatic rings. The number of benzene rings is 2. The summed E-state index contributed by atoms with van der Waals surface area (Å²) in [6.45, 7) is 0.782. The third kappa shape index (κ3) is 3.82. The number of methoxy groups -OCH3 is 3. The Hall–Kier alpha value is -2.95. The van der Waals surface area contributed by atoms with Crippen molar-refractivity contribution in [3.63, 3.8) is 0 Å². The molecular weight excluding hydrogens is 330 g/mol. The summed E-state index contributed by atoms with van der Waals surface area (Å²) in [6, 6.07) is 11.4. The molecule has 1 heterocycles. The van der Waals surface area contributed by atoms with E-state index in [1.807, 2.05) is 36.4 Å². The summed E-state index contributed by atoms with van der Waals surface area (Å²) in [5, 5.41) is 3.32. The van der Waals surface area contributed by atoms with Gasteiger partial charge in [0.1, 0.15) is 5.75 Å². The summed E-state index contributed by atoms with van der Waals surface area (Å²) in [6.07, 6.45) is 2.89. The van der Waals surface area contributed by atoms with E-state index in [0.29, 0.717) is 17.9 Å². The van der Waals surface area contributed by atoms with Gasteiger partial charge in [0.15, 0.2) is 17.3 Å². The van der Waals surface area contributed by atoms with Crippen LogP contribution in [0.4, 0.5) is 0 Å². The second-order valence-corrected chi connectivity index (χ2v) is 6.09. The number of hydrogen-bond donors (Lipinski definition) is 1. The molecule has 0 saturated heterocycles. The Morgan fingerprint density at radius 2 is 1.73 bits per heavy atom. The fourth-order valence-electron chi connectivity index (χ4n) is 3.09. The first-order valence-electron chi connectivity index (χ1n) is 8.51. The number of hydrogen-bond acceptors (Lipinski definition) is 5. The fourth-order valence-corrected chi connectivity index (χ4v) is 3.09. The highest BCUT2D eigenvalue weighted by molar-refractivity contribution is 5.98. The average molecular weight is 353 g/mol. The van der Waals surface area contributed by atoms with E-state index in [4.69, 9.17) is 14.2 Å². The molecule has 0 aliphatic carbocycles. The number of fused-ring (bicyclic) bond motifs is 1. The monoisotopic (exact) mass is 353 g/mol.